The van der Waals surface area contributed by atoms with Crippen LogP contribution in [0.4, 0.5) is 0 Å². The number of para-hydroxylation sites is 1. The van der Waals surface area contributed by atoms with Gasteiger partial charge >= 0.3 is 0 Å². The molecule has 2 rings (SSSR count). The summed E-state index contributed by atoms with van der Waals surface area (Å²) in [6, 6.07) is 8.93. The molecule has 0 saturated carbocycles. The lowest BCUT2D eigenvalue weighted by Gasteiger charge is -2.27. The van der Waals surface area contributed by atoms with Gasteiger partial charge in [0.15, 0.2) is 0 Å². The molecule has 1 unspecified atom stereocenters. The molecule has 1 aliphatic rings. The zero-order valence-corrected chi connectivity index (χ0v) is 12.4. The average molecular weight is 262 g/mol. The summed E-state index contributed by atoms with van der Waals surface area (Å²) in [6.45, 7) is 8.98. The summed E-state index contributed by atoms with van der Waals surface area (Å²) < 4.78 is 5.45. The molecule has 3 nitrogen and oxygen atoms in total. The van der Waals surface area contributed by atoms with Crippen molar-refractivity contribution >= 4 is 0 Å². The molecule has 1 fully saturated rings. The summed E-state index contributed by atoms with van der Waals surface area (Å²) in [5.41, 5.74) is 1.29. The summed E-state index contributed by atoms with van der Waals surface area (Å²) in [5.74, 6) is 1.68. The van der Waals surface area contributed by atoms with Crippen LogP contribution in [-0.2, 0) is 6.54 Å². The Balaban J connectivity index is 2.04. The third-order valence-electron chi connectivity index (χ3n) is 3.90. The van der Waals surface area contributed by atoms with Gasteiger partial charge < -0.3 is 10.1 Å². The molecule has 1 aromatic rings. The predicted molar refractivity (Wildman–Crippen MR) is 79.5 cm³/mol. The zero-order chi connectivity index (χ0) is 13.7. The minimum absolute atomic E-state index is 0.595. The van der Waals surface area contributed by atoms with Crippen molar-refractivity contribution in [2.45, 2.75) is 32.9 Å². The Kier molecular flexibility index (Phi) is 5.23. The molecule has 1 aliphatic heterocycles. The quantitative estimate of drug-likeness (QED) is 0.902. The minimum Gasteiger partial charge on any atom is -0.496 e. The summed E-state index contributed by atoms with van der Waals surface area (Å²) in [7, 11) is 1.75. The van der Waals surface area contributed by atoms with Crippen LogP contribution in [0.3, 0.4) is 0 Å². The molecule has 106 valence electrons. The SMILES string of the molecule is COc1ccccc1CN1CCCNC(C(C)C)C1. The second-order valence-electron chi connectivity index (χ2n) is 5.71. The summed E-state index contributed by atoms with van der Waals surface area (Å²) >= 11 is 0. The highest BCUT2D eigenvalue weighted by Crippen LogP contribution is 2.20. The maximum atomic E-state index is 5.45. The number of benzene rings is 1. The van der Waals surface area contributed by atoms with Gasteiger partial charge in [-0.05, 0) is 31.5 Å². The van der Waals surface area contributed by atoms with E-state index in [9.17, 15) is 0 Å². The first-order valence-electron chi connectivity index (χ1n) is 7.28. The molecule has 0 aromatic heterocycles. The van der Waals surface area contributed by atoms with Crippen molar-refractivity contribution in [2.75, 3.05) is 26.7 Å². The molecule has 0 amide bonds. The molecule has 1 heterocycles. The van der Waals surface area contributed by atoms with Crippen LogP contribution in [0.15, 0.2) is 24.3 Å². The molecular weight excluding hydrogens is 236 g/mol. The predicted octanol–water partition coefficient (Wildman–Crippen LogP) is 2.52. The third-order valence-corrected chi connectivity index (χ3v) is 3.90. The maximum Gasteiger partial charge on any atom is 0.123 e. The van der Waals surface area contributed by atoms with E-state index in [-0.39, 0.29) is 0 Å². The van der Waals surface area contributed by atoms with Gasteiger partial charge in [0.2, 0.25) is 0 Å². The molecule has 1 aromatic carbocycles. The first kappa shape index (κ1) is 14.4. The lowest BCUT2D eigenvalue weighted by Crippen LogP contribution is -2.41. The Morgan fingerprint density at radius 2 is 2.16 bits per heavy atom. The van der Waals surface area contributed by atoms with Gasteiger partial charge in [-0.1, -0.05) is 32.0 Å². The molecule has 0 bridgehead atoms. The molecule has 0 spiro atoms. The number of hydrogen-bond donors (Lipinski definition) is 1. The second-order valence-corrected chi connectivity index (χ2v) is 5.71. The van der Waals surface area contributed by atoms with E-state index in [0.29, 0.717) is 12.0 Å². The molecule has 19 heavy (non-hydrogen) atoms. The Labute approximate surface area is 116 Å². The number of hydrogen-bond acceptors (Lipinski definition) is 3. The van der Waals surface area contributed by atoms with E-state index >= 15 is 0 Å². The first-order chi connectivity index (χ1) is 9.20. The fourth-order valence-electron chi connectivity index (χ4n) is 2.69. The van der Waals surface area contributed by atoms with E-state index in [1.165, 1.54) is 12.0 Å². The van der Waals surface area contributed by atoms with Gasteiger partial charge in [0.1, 0.15) is 5.75 Å². The van der Waals surface area contributed by atoms with Gasteiger partial charge in [-0.25, -0.2) is 0 Å². The highest BCUT2D eigenvalue weighted by molar-refractivity contribution is 5.33. The lowest BCUT2D eigenvalue weighted by molar-refractivity contribution is 0.235. The zero-order valence-electron chi connectivity index (χ0n) is 12.4. The van der Waals surface area contributed by atoms with Gasteiger partial charge in [0, 0.05) is 24.7 Å². The van der Waals surface area contributed by atoms with Crippen LogP contribution in [0.1, 0.15) is 25.8 Å². The standard InChI is InChI=1S/C16H26N2O/c1-13(2)15-12-18(10-6-9-17-15)11-14-7-4-5-8-16(14)19-3/h4-5,7-8,13,15,17H,6,9-12H2,1-3H3. The van der Waals surface area contributed by atoms with E-state index in [1.807, 2.05) is 12.1 Å². The second kappa shape index (κ2) is 6.92. The van der Waals surface area contributed by atoms with Crippen LogP contribution in [0.25, 0.3) is 0 Å². The molecule has 1 saturated heterocycles. The normalized spacial score (nSPS) is 21.4. The Morgan fingerprint density at radius 1 is 1.37 bits per heavy atom. The van der Waals surface area contributed by atoms with Crippen molar-refractivity contribution in [1.82, 2.24) is 10.2 Å². The van der Waals surface area contributed by atoms with E-state index < -0.39 is 0 Å². The van der Waals surface area contributed by atoms with Crippen LogP contribution in [0, 0.1) is 5.92 Å². The average Bonchev–Trinajstić information content (AvgIpc) is 2.65. The van der Waals surface area contributed by atoms with Crippen LogP contribution in [0.5, 0.6) is 5.75 Å². The van der Waals surface area contributed by atoms with Gasteiger partial charge in [-0.15, -0.1) is 0 Å². The molecular formula is C16H26N2O. The van der Waals surface area contributed by atoms with Gasteiger partial charge in [-0.3, -0.25) is 4.90 Å². The topological polar surface area (TPSA) is 24.5 Å². The number of rotatable bonds is 4. The van der Waals surface area contributed by atoms with Crippen molar-refractivity contribution in [3.63, 3.8) is 0 Å². The smallest absolute Gasteiger partial charge is 0.123 e. The lowest BCUT2D eigenvalue weighted by atomic mass is 10.0. The Morgan fingerprint density at radius 3 is 2.89 bits per heavy atom. The molecule has 1 N–H and O–H groups in total. The number of methoxy groups -OCH3 is 1. The number of ether oxygens (including phenoxy) is 1. The van der Waals surface area contributed by atoms with E-state index in [2.05, 4.69) is 36.2 Å². The Hall–Kier alpha value is -1.06. The highest BCUT2D eigenvalue weighted by atomic mass is 16.5. The monoisotopic (exact) mass is 262 g/mol. The highest BCUT2D eigenvalue weighted by Gasteiger charge is 2.20. The van der Waals surface area contributed by atoms with Crippen molar-refractivity contribution < 1.29 is 4.74 Å². The van der Waals surface area contributed by atoms with E-state index in [1.54, 1.807) is 7.11 Å². The van der Waals surface area contributed by atoms with Crippen LogP contribution in [0.2, 0.25) is 0 Å². The summed E-state index contributed by atoms with van der Waals surface area (Å²) in [5, 5.41) is 3.65. The summed E-state index contributed by atoms with van der Waals surface area (Å²) in [4.78, 5) is 2.54. The fraction of sp³-hybridized carbons (Fsp3) is 0.625. The summed E-state index contributed by atoms with van der Waals surface area (Å²) in [6.07, 6.45) is 1.22. The number of nitrogens with one attached hydrogen (secondary N) is 1. The van der Waals surface area contributed by atoms with Crippen molar-refractivity contribution in [1.29, 1.82) is 0 Å². The van der Waals surface area contributed by atoms with Crippen LogP contribution in [-0.4, -0.2) is 37.7 Å². The molecule has 1 atom stereocenters. The first-order valence-corrected chi connectivity index (χ1v) is 7.28. The molecule has 0 aliphatic carbocycles. The van der Waals surface area contributed by atoms with E-state index in [4.69, 9.17) is 4.74 Å². The fourth-order valence-corrected chi connectivity index (χ4v) is 2.69. The van der Waals surface area contributed by atoms with Gasteiger partial charge in [-0.2, -0.15) is 0 Å². The largest absolute Gasteiger partial charge is 0.496 e. The van der Waals surface area contributed by atoms with Gasteiger partial charge in [0.25, 0.3) is 0 Å². The molecule has 0 radical (unpaired) electrons. The Bertz CT molecular complexity index is 392. The van der Waals surface area contributed by atoms with Crippen molar-refractivity contribution in [2.24, 2.45) is 5.92 Å². The maximum absolute atomic E-state index is 5.45. The van der Waals surface area contributed by atoms with Crippen molar-refractivity contribution in [3.8, 4) is 5.75 Å². The van der Waals surface area contributed by atoms with Crippen LogP contribution < -0.4 is 10.1 Å². The van der Waals surface area contributed by atoms with E-state index in [0.717, 1.165) is 31.9 Å². The molecule has 3 heteroatoms. The van der Waals surface area contributed by atoms with Crippen LogP contribution >= 0.6 is 0 Å². The minimum atomic E-state index is 0.595. The van der Waals surface area contributed by atoms with Gasteiger partial charge in [0.05, 0.1) is 7.11 Å². The number of nitrogens with zero attached hydrogens (tertiary/aromatic N) is 1. The third kappa shape index (κ3) is 3.95. The van der Waals surface area contributed by atoms with Crippen molar-refractivity contribution in [3.05, 3.63) is 29.8 Å².